The van der Waals surface area contributed by atoms with Gasteiger partial charge in [-0.3, -0.25) is 4.79 Å². The number of carbonyl (C=O) groups is 2. The van der Waals surface area contributed by atoms with Crippen LogP contribution in [0.25, 0.3) is 0 Å². The van der Waals surface area contributed by atoms with E-state index in [1.54, 1.807) is 0 Å². The zero-order chi connectivity index (χ0) is 14.1. The quantitative estimate of drug-likeness (QED) is 0.484. The maximum Gasteiger partial charge on any atom is 0.328 e. The Balaban J connectivity index is 4.19. The van der Waals surface area contributed by atoms with Gasteiger partial charge in [-0.15, -0.1) is 6.58 Å². The van der Waals surface area contributed by atoms with Gasteiger partial charge in [0.25, 0.3) is 0 Å². The van der Waals surface area contributed by atoms with Crippen molar-refractivity contribution in [2.75, 3.05) is 13.2 Å². The normalized spacial score (nSPS) is 14.0. The van der Waals surface area contributed by atoms with Crippen LogP contribution in [0.4, 0.5) is 0 Å². The number of carbonyl (C=O) groups excluding carboxylic acids is 1. The number of ether oxygens (including phenoxy) is 1. The van der Waals surface area contributed by atoms with E-state index in [4.69, 9.17) is 9.84 Å². The highest BCUT2D eigenvalue weighted by Gasteiger charge is 2.21. The van der Waals surface area contributed by atoms with E-state index in [2.05, 4.69) is 11.9 Å². The average Bonchev–Trinajstić information content (AvgIpc) is 2.27. The molecule has 5 heteroatoms. The van der Waals surface area contributed by atoms with Gasteiger partial charge in [0.05, 0.1) is 13.2 Å². The van der Waals surface area contributed by atoms with Gasteiger partial charge in [0, 0.05) is 6.42 Å². The van der Waals surface area contributed by atoms with Crippen LogP contribution >= 0.6 is 0 Å². The van der Waals surface area contributed by atoms with E-state index in [-0.39, 0.29) is 25.0 Å². The molecule has 0 aliphatic heterocycles. The second kappa shape index (κ2) is 8.69. The van der Waals surface area contributed by atoms with Gasteiger partial charge in [-0.05, 0) is 11.8 Å². The SMILES string of the molecule is C=CCOCC(NC(=O)CC(C)C(C)C)C(=O)O. The van der Waals surface area contributed by atoms with Gasteiger partial charge in [0.1, 0.15) is 0 Å². The second-order valence-corrected chi connectivity index (χ2v) is 4.71. The number of rotatable bonds is 9. The number of amides is 1. The largest absolute Gasteiger partial charge is 0.480 e. The summed E-state index contributed by atoms with van der Waals surface area (Å²) in [6.45, 7) is 9.70. The van der Waals surface area contributed by atoms with Crippen LogP contribution < -0.4 is 5.32 Å². The molecule has 104 valence electrons. The fourth-order valence-electron chi connectivity index (χ4n) is 1.23. The Labute approximate surface area is 108 Å². The van der Waals surface area contributed by atoms with E-state index in [9.17, 15) is 9.59 Å². The molecule has 5 nitrogen and oxygen atoms in total. The lowest BCUT2D eigenvalue weighted by Crippen LogP contribution is -2.44. The molecule has 0 aromatic carbocycles. The van der Waals surface area contributed by atoms with Crippen molar-refractivity contribution < 1.29 is 19.4 Å². The molecule has 0 aromatic heterocycles. The van der Waals surface area contributed by atoms with Crippen LogP contribution in [0.5, 0.6) is 0 Å². The van der Waals surface area contributed by atoms with Crippen molar-refractivity contribution in [3.8, 4) is 0 Å². The fraction of sp³-hybridized carbons (Fsp3) is 0.692. The minimum absolute atomic E-state index is 0.0524. The Kier molecular flexibility index (Phi) is 8.03. The highest BCUT2D eigenvalue weighted by atomic mass is 16.5. The standard InChI is InChI=1S/C13H23NO4/c1-5-6-18-8-11(13(16)17)14-12(15)7-10(4)9(2)3/h5,9-11H,1,6-8H2,2-4H3,(H,14,15)(H,16,17). The average molecular weight is 257 g/mol. The highest BCUT2D eigenvalue weighted by Crippen LogP contribution is 2.13. The topological polar surface area (TPSA) is 75.6 Å². The summed E-state index contributed by atoms with van der Waals surface area (Å²) in [6, 6.07) is -1.00. The molecule has 0 spiro atoms. The molecule has 0 fully saturated rings. The van der Waals surface area contributed by atoms with E-state index in [1.165, 1.54) is 6.08 Å². The third kappa shape index (κ3) is 7.06. The molecular formula is C13H23NO4. The van der Waals surface area contributed by atoms with E-state index < -0.39 is 12.0 Å². The number of nitrogens with one attached hydrogen (secondary N) is 1. The first-order chi connectivity index (χ1) is 8.38. The number of hydrogen-bond donors (Lipinski definition) is 2. The fourth-order valence-corrected chi connectivity index (χ4v) is 1.23. The van der Waals surface area contributed by atoms with Crippen LogP contribution in [-0.2, 0) is 14.3 Å². The Bertz CT molecular complexity index is 289. The van der Waals surface area contributed by atoms with Gasteiger partial charge >= 0.3 is 5.97 Å². The molecular weight excluding hydrogens is 234 g/mol. The predicted octanol–water partition coefficient (Wildman–Crippen LogP) is 1.44. The zero-order valence-electron chi connectivity index (χ0n) is 11.3. The summed E-state index contributed by atoms with van der Waals surface area (Å²) >= 11 is 0. The van der Waals surface area contributed by atoms with Crippen molar-refractivity contribution in [1.29, 1.82) is 0 Å². The summed E-state index contributed by atoms with van der Waals surface area (Å²) in [7, 11) is 0. The van der Waals surface area contributed by atoms with Crippen molar-refractivity contribution in [2.45, 2.75) is 33.2 Å². The van der Waals surface area contributed by atoms with E-state index in [0.29, 0.717) is 12.3 Å². The molecule has 1 amide bonds. The summed E-state index contributed by atoms with van der Waals surface area (Å²) in [5.41, 5.74) is 0. The molecule has 0 aromatic rings. The Hall–Kier alpha value is -1.36. The molecule has 18 heavy (non-hydrogen) atoms. The maximum absolute atomic E-state index is 11.7. The maximum atomic E-state index is 11.7. The van der Waals surface area contributed by atoms with Gasteiger partial charge in [-0.25, -0.2) is 4.79 Å². The van der Waals surface area contributed by atoms with Gasteiger partial charge in [-0.2, -0.15) is 0 Å². The molecule has 0 saturated carbocycles. The van der Waals surface area contributed by atoms with E-state index in [1.807, 2.05) is 20.8 Å². The lowest BCUT2D eigenvalue weighted by Gasteiger charge is -2.18. The molecule has 0 heterocycles. The molecule has 0 aliphatic carbocycles. The highest BCUT2D eigenvalue weighted by molar-refractivity contribution is 5.83. The number of carboxylic acids is 1. The second-order valence-electron chi connectivity index (χ2n) is 4.71. The molecule has 0 rings (SSSR count). The number of hydrogen-bond acceptors (Lipinski definition) is 3. The van der Waals surface area contributed by atoms with E-state index >= 15 is 0 Å². The van der Waals surface area contributed by atoms with Gasteiger partial charge in [0.2, 0.25) is 5.91 Å². The van der Waals surface area contributed by atoms with Crippen molar-refractivity contribution in [3.63, 3.8) is 0 Å². The summed E-state index contributed by atoms with van der Waals surface area (Å²) in [5.74, 6) is -0.750. The minimum atomic E-state index is -1.09. The first-order valence-electron chi connectivity index (χ1n) is 6.09. The third-order valence-corrected chi connectivity index (χ3v) is 2.80. The summed E-state index contributed by atoms with van der Waals surface area (Å²) in [5, 5.41) is 11.4. The predicted molar refractivity (Wildman–Crippen MR) is 69.2 cm³/mol. The van der Waals surface area contributed by atoms with Crippen molar-refractivity contribution in [2.24, 2.45) is 11.8 Å². The summed E-state index contributed by atoms with van der Waals surface area (Å²) in [6.07, 6.45) is 1.85. The first-order valence-corrected chi connectivity index (χ1v) is 6.09. The van der Waals surface area contributed by atoms with Crippen molar-refractivity contribution >= 4 is 11.9 Å². The third-order valence-electron chi connectivity index (χ3n) is 2.80. The molecule has 0 radical (unpaired) electrons. The van der Waals surface area contributed by atoms with Crippen LogP contribution in [0.15, 0.2) is 12.7 Å². The van der Waals surface area contributed by atoms with Crippen molar-refractivity contribution in [3.05, 3.63) is 12.7 Å². The van der Waals surface area contributed by atoms with Crippen molar-refractivity contribution in [1.82, 2.24) is 5.32 Å². The number of carboxylic acid groups (broad SMARTS) is 1. The Morgan fingerprint density at radius 2 is 2.00 bits per heavy atom. The monoisotopic (exact) mass is 257 g/mol. The van der Waals surface area contributed by atoms with Crippen LogP contribution in [0.1, 0.15) is 27.2 Å². The first kappa shape index (κ1) is 16.6. The summed E-state index contributed by atoms with van der Waals surface area (Å²) in [4.78, 5) is 22.6. The van der Waals surface area contributed by atoms with Gasteiger partial charge in [-0.1, -0.05) is 26.8 Å². The minimum Gasteiger partial charge on any atom is -0.480 e. The molecule has 2 N–H and O–H groups in total. The molecule has 0 saturated heterocycles. The Morgan fingerprint density at radius 3 is 2.44 bits per heavy atom. The molecule has 2 atom stereocenters. The van der Waals surface area contributed by atoms with Crippen LogP contribution in [-0.4, -0.2) is 36.2 Å². The summed E-state index contributed by atoms with van der Waals surface area (Å²) < 4.78 is 5.05. The number of aliphatic carboxylic acids is 1. The molecule has 0 aliphatic rings. The van der Waals surface area contributed by atoms with Gasteiger partial charge < -0.3 is 15.2 Å². The van der Waals surface area contributed by atoms with Gasteiger partial charge in [0.15, 0.2) is 6.04 Å². The lowest BCUT2D eigenvalue weighted by molar-refractivity contribution is -0.143. The smallest absolute Gasteiger partial charge is 0.328 e. The van der Waals surface area contributed by atoms with Crippen LogP contribution in [0, 0.1) is 11.8 Å². The van der Waals surface area contributed by atoms with Crippen LogP contribution in [0.3, 0.4) is 0 Å². The molecule has 0 bridgehead atoms. The van der Waals surface area contributed by atoms with E-state index in [0.717, 1.165) is 0 Å². The zero-order valence-corrected chi connectivity index (χ0v) is 11.3. The Morgan fingerprint density at radius 1 is 1.39 bits per heavy atom. The molecule has 2 unspecified atom stereocenters. The lowest BCUT2D eigenvalue weighted by atomic mass is 9.94. The van der Waals surface area contributed by atoms with Crippen LogP contribution in [0.2, 0.25) is 0 Å².